The Balaban J connectivity index is 1.43. The van der Waals surface area contributed by atoms with Crippen LogP contribution in [0.1, 0.15) is 40.7 Å². The highest BCUT2D eigenvalue weighted by molar-refractivity contribution is 5.94. The quantitative estimate of drug-likeness (QED) is 0.902. The topological polar surface area (TPSA) is 35.6 Å². The van der Waals surface area contributed by atoms with Gasteiger partial charge in [-0.2, -0.15) is 0 Å². The van der Waals surface area contributed by atoms with E-state index in [2.05, 4.69) is 27.2 Å². The molecule has 1 aromatic rings. The van der Waals surface area contributed by atoms with Gasteiger partial charge in [0.05, 0.1) is 0 Å². The second-order valence-electron chi connectivity index (χ2n) is 7.17. The number of fused-ring (bicyclic) bond motifs is 1. The summed E-state index contributed by atoms with van der Waals surface area (Å²) >= 11 is 0. The third kappa shape index (κ3) is 3.15. The van der Waals surface area contributed by atoms with Crippen molar-refractivity contribution in [3.05, 3.63) is 34.9 Å². The Morgan fingerprint density at radius 3 is 2.65 bits per heavy atom. The minimum atomic E-state index is 0.232. The maximum Gasteiger partial charge on any atom is 0.253 e. The van der Waals surface area contributed by atoms with E-state index in [0.29, 0.717) is 6.04 Å². The average Bonchev–Trinajstić information content (AvgIpc) is 3.11. The van der Waals surface area contributed by atoms with Crippen LogP contribution in [0, 0.1) is 0 Å². The minimum Gasteiger partial charge on any atom is -0.337 e. The molecule has 23 heavy (non-hydrogen) atoms. The van der Waals surface area contributed by atoms with E-state index in [9.17, 15) is 4.79 Å². The molecule has 0 bridgehead atoms. The summed E-state index contributed by atoms with van der Waals surface area (Å²) in [7, 11) is 0. The molecule has 4 rings (SSSR count). The summed E-state index contributed by atoms with van der Waals surface area (Å²) < 4.78 is 0. The molecule has 1 unspecified atom stereocenters. The Morgan fingerprint density at radius 1 is 1.04 bits per heavy atom. The summed E-state index contributed by atoms with van der Waals surface area (Å²) in [5.41, 5.74) is 3.75. The van der Waals surface area contributed by atoms with E-state index in [0.717, 1.165) is 57.7 Å². The molecule has 1 N–H and O–H groups in total. The first kappa shape index (κ1) is 15.2. The van der Waals surface area contributed by atoms with Crippen molar-refractivity contribution < 1.29 is 4.79 Å². The lowest BCUT2D eigenvalue weighted by atomic mass is 9.90. The SMILES string of the molecule is O=C(c1ccc2c(c1)CCCC2)N1CCC(N2CCNCC2)C1. The minimum absolute atomic E-state index is 0.232. The van der Waals surface area contributed by atoms with Gasteiger partial charge in [0.25, 0.3) is 5.91 Å². The molecule has 1 aromatic carbocycles. The highest BCUT2D eigenvalue weighted by Crippen LogP contribution is 2.24. The third-order valence-electron chi connectivity index (χ3n) is 5.71. The van der Waals surface area contributed by atoms with Gasteiger partial charge in [0.2, 0.25) is 0 Å². The number of likely N-dealkylation sites (tertiary alicyclic amines) is 1. The van der Waals surface area contributed by atoms with Gasteiger partial charge in [0.15, 0.2) is 0 Å². The predicted octanol–water partition coefficient (Wildman–Crippen LogP) is 1.69. The van der Waals surface area contributed by atoms with Crippen molar-refractivity contribution in [2.45, 2.75) is 38.1 Å². The molecule has 0 aromatic heterocycles. The van der Waals surface area contributed by atoms with Crippen LogP contribution in [0.2, 0.25) is 0 Å². The van der Waals surface area contributed by atoms with Crippen molar-refractivity contribution in [3.63, 3.8) is 0 Å². The van der Waals surface area contributed by atoms with Crippen LogP contribution in [0.25, 0.3) is 0 Å². The van der Waals surface area contributed by atoms with Gasteiger partial charge >= 0.3 is 0 Å². The normalized spacial score (nSPS) is 25.4. The van der Waals surface area contributed by atoms with Gasteiger partial charge in [0.1, 0.15) is 0 Å². The van der Waals surface area contributed by atoms with Crippen LogP contribution in [0.3, 0.4) is 0 Å². The Hall–Kier alpha value is -1.39. The Bertz CT molecular complexity index is 580. The maximum atomic E-state index is 12.9. The number of carbonyl (C=O) groups is 1. The molecule has 1 amide bonds. The molecule has 2 heterocycles. The second kappa shape index (κ2) is 6.62. The van der Waals surface area contributed by atoms with Gasteiger partial charge in [-0.1, -0.05) is 6.07 Å². The van der Waals surface area contributed by atoms with Crippen molar-refractivity contribution >= 4 is 5.91 Å². The molecule has 4 nitrogen and oxygen atoms in total. The van der Waals surface area contributed by atoms with E-state index >= 15 is 0 Å². The van der Waals surface area contributed by atoms with E-state index in [1.165, 1.54) is 30.4 Å². The molecule has 2 saturated heterocycles. The van der Waals surface area contributed by atoms with Gasteiger partial charge in [-0.25, -0.2) is 0 Å². The molecule has 124 valence electrons. The first-order valence-electron chi connectivity index (χ1n) is 9.17. The molecule has 3 aliphatic rings. The zero-order valence-corrected chi connectivity index (χ0v) is 13.9. The number of aryl methyl sites for hydroxylation is 2. The van der Waals surface area contributed by atoms with Crippen molar-refractivity contribution in [3.8, 4) is 0 Å². The lowest BCUT2D eigenvalue weighted by Crippen LogP contribution is -2.49. The first-order chi connectivity index (χ1) is 11.3. The van der Waals surface area contributed by atoms with E-state index in [-0.39, 0.29) is 5.91 Å². The largest absolute Gasteiger partial charge is 0.337 e. The third-order valence-corrected chi connectivity index (χ3v) is 5.71. The maximum absolute atomic E-state index is 12.9. The number of nitrogens with zero attached hydrogens (tertiary/aromatic N) is 2. The van der Waals surface area contributed by atoms with Crippen LogP contribution in [-0.4, -0.2) is 61.0 Å². The van der Waals surface area contributed by atoms with Gasteiger partial charge in [-0.3, -0.25) is 9.69 Å². The number of benzene rings is 1. The Kier molecular flexibility index (Phi) is 4.36. The van der Waals surface area contributed by atoms with Gasteiger partial charge < -0.3 is 10.2 Å². The number of amides is 1. The van der Waals surface area contributed by atoms with Crippen molar-refractivity contribution in [2.75, 3.05) is 39.3 Å². The number of hydrogen-bond donors (Lipinski definition) is 1. The average molecular weight is 313 g/mol. The second-order valence-corrected chi connectivity index (χ2v) is 7.17. The summed E-state index contributed by atoms with van der Waals surface area (Å²) in [6, 6.07) is 6.95. The highest BCUT2D eigenvalue weighted by Gasteiger charge is 2.31. The van der Waals surface area contributed by atoms with Crippen molar-refractivity contribution in [1.82, 2.24) is 15.1 Å². The Morgan fingerprint density at radius 2 is 1.83 bits per heavy atom. The molecule has 1 atom stereocenters. The molecule has 0 saturated carbocycles. The molecule has 0 spiro atoms. The molecule has 2 aliphatic heterocycles. The summed E-state index contributed by atoms with van der Waals surface area (Å²) in [6.07, 6.45) is 5.99. The summed E-state index contributed by atoms with van der Waals surface area (Å²) in [4.78, 5) is 17.5. The number of hydrogen-bond acceptors (Lipinski definition) is 3. The smallest absolute Gasteiger partial charge is 0.253 e. The van der Waals surface area contributed by atoms with E-state index in [1.54, 1.807) is 0 Å². The molecule has 2 fully saturated rings. The summed E-state index contributed by atoms with van der Waals surface area (Å²) in [5.74, 6) is 0.232. The zero-order chi connectivity index (χ0) is 15.6. The van der Waals surface area contributed by atoms with Gasteiger partial charge in [-0.15, -0.1) is 0 Å². The summed E-state index contributed by atoms with van der Waals surface area (Å²) in [5, 5.41) is 3.40. The fourth-order valence-electron chi connectivity index (χ4n) is 4.32. The number of carbonyl (C=O) groups excluding carboxylic acids is 1. The lowest BCUT2D eigenvalue weighted by molar-refractivity contribution is 0.0773. The standard InChI is InChI=1S/C19H27N3O/c23-19(17-6-5-15-3-1-2-4-16(15)13-17)22-10-7-18(14-22)21-11-8-20-9-12-21/h5-6,13,18,20H,1-4,7-12,14H2. The molecular formula is C19H27N3O. The van der Waals surface area contributed by atoms with E-state index in [4.69, 9.17) is 0 Å². The molecule has 0 radical (unpaired) electrons. The fourth-order valence-corrected chi connectivity index (χ4v) is 4.32. The van der Waals surface area contributed by atoms with Gasteiger partial charge in [-0.05, 0) is 55.4 Å². The van der Waals surface area contributed by atoms with Crippen LogP contribution in [0.4, 0.5) is 0 Å². The van der Waals surface area contributed by atoms with Crippen LogP contribution in [0.15, 0.2) is 18.2 Å². The van der Waals surface area contributed by atoms with E-state index in [1.807, 2.05) is 6.07 Å². The number of rotatable bonds is 2. The van der Waals surface area contributed by atoms with Crippen molar-refractivity contribution in [2.24, 2.45) is 0 Å². The number of nitrogens with one attached hydrogen (secondary N) is 1. The van der Waals surface area contributed by atoms with E-state index < -0.39 is 0 Å². The molecule has 1 aliphatic carbocycles. The van der Waals surface area contributed by atoms with Gasteiger partial charge in [0, 0.05) is 50.9 Å². The van der Waals surface area contributed by atoms with Crippen LogP contribution >= 0.6 is 0 Å². The molecule has 4 heteroatoms. The lowest BCUT2D eigenvalue weighted by Gasteiger charge is -2.32. The predicted molar refractivity (Wildman–Crippen MR) is 91.8 cm³/mol. The first-order valence-corrected chi connectivity index (χ1v) is 9.17. The van der Waals surface area contributed by atoms with Crippen LogP contribution < -0.4 is 5.32 Å². The Labute approximate surface area is 138 Å². The molecular weight excluding hydrogens is 286 g/mol. The van der Waals surface area contributed by atoms with Crippen LogP contribution in [-0.2, 0) is 12.8 Å². The monoisotopic (exact) mass is 313 g/mol. The zero-order valence-electron chi connectivity index (χ0n) is 13.9. The fraction of sp³-hybridized carbons (Fsp3) is 0.632. The highest BCUT2D eigenvalue weighted by atomic mass is 16.2. The van der Waals surface area contributed by atoms with Crippen LogP contribution in [0.5, 0.6) is 0 Å². The van der Waals surface area contributed by atoms with Crippen molar-refractivity contribution in [1.29, 1.82) is 0 Å². The summed E-state index contributed by atoms with van der Waals surface area (Å²) in [6.45, 7) is 6.20. The number of piperazine rings is 1.